The van der Waals surface area contributed by atoms with Crippen molar-refractivity contribution in [1.29, 1.82) is 0 Å². The van der Waals surface area contributed by atoms with Crippen molar-refractivity contribution in [3.63, 3.8) is 0 Å². The summed E-state index contributed by atoms with van der Waals surface area (Å²) < 4.78 is 4.53. The molecule has 0 spiro atoms. The van der Waals surface area contributed by atoms with Gasteiger partial charge in [0.25, 0.3) is 0 Å². The summed E-state index contributed by atoms with van der Waals surface area (Å²) in [5, 5.41) is 0. The lowest BCUT2D eigenvalue weighted by Crippen LogP contribution is -1.71. The Labute approximate surface area is 87.7 Å². The number of hydrogen-bond acceptors (Lipinski definition) is 1. The summed E-state index contributed by atoms with van der Waals surface area (Å²) in [6, 6.07) is 0. The second kappa shape index (κ2) is 17.0. The Hall–Kier alpha value is 0.765. The van der Waals surface area contributed by atoms with Crippen LogP contribution in [0.1, 0.15) is 39.0 Å². The normalized spacial score (nSPS) is 8.09. The molecule has 0 unspecified atom stereocenters. The Kier molecular flexibility index (Phi) is 22.1. The number of rotatable bonds is 5. The van der Waals surface area contributed by atoms with E-state index in [0.717, 1.165) is 33.2 Å². The van der Waals surface area contributed by atoms with Gasteiger partial charge in [0, 0.05) is 0 Å². The molecule has 0 aliphatic carbocycles. The third-order valence-electron chi connectivity index (χ3n) is 1.26. The molecule has 1 nitrogen and oxygen atoms in total. The molecule has 11 heavy (non-hydrogen) atoms. The minimum absolute atomic E-state index is 0.931. The molecule has 64 valence electrons. The van der Waals surface area contributed by atoms with Crippen molar-refractivity contribution in [2.24, 2.45) is 0 Å². The van der Waals surface area contributed by atoms with Crippen LogP contribution in [-0.2, 0) is 2.84 Å². The van der Waals surface area contributed by atoms with Gasteiger partial charge in [-0.2, -0.15) is 0 Å². The van der Waals surface area contributed by atoms with E-state index < -0.39 is 0 Å². The van der Waals surface area contributed by atoms with Crippen molar-refractivity contribution in [3.8, 4) is 0 Å². The van der Waals surface area contributed by atoms with Crippen molar-refractivity contribution >= 4 is 33.2 Å². The molecule has 0 saturated heterocycles. The number of allylic oxidation sites excluding steroid dienone is 1. The zero-order valence-corrected chi connectivity index (χ0v) is 12.2. The number of unbranched alkanes of at least 4 members (excludes halogenated alkanes) is 4. The lowest BCUT2D eigenvalue weighted by molar-refractivity contribution is 0.675. The third-order valence-corrected chi connectivity index (χ3v) is 1.26. The molecule has 0 amide bonds. The van der Waals surface area contributed by atoms with Gasteiger partial charge in [-0.25, -0.2) is 0 Å². The largest absolute Gasteiger partial charge is 0.647 e. The topological polar surface area (TPSA) is 9.23 Å². The Morgan fingerprint density at radius 1 is 1.27 bits per heavy atom. The van der Waals surface area contributed by atoms with Crippen LogP contribution in [-0.4, -0.2) is 33.2 Å². The predicted octanol–water partition coefficient (Wildman–Crippen LogP) is 1.24. The summed E-state index contributed by atoms with van der Waals surface area (Å²) in [5.74, 6) is 0. The van der Waals surface area contributed by atoms with E-state index in [9.17, 15) is 0 Å². The monoisotopic (exact) mass is 186 g/mol. The van der Waals surface area contributed by atoms with Gasteiger partial charge < -0.3 is 2.84 Å². The van der Waals surface area contributed by atoms with Gasteiger partial charge in [0.1, 0.15) is 0 Å². The van der Waals surface area contributed by atoms with Crippen molar-refractivity contribution in [3.05, 3.63) is 12.7 Å². The molecule has 0 aromatic heterocycles. The Morgan fingerprint density at radius 2 is 1.82 bits per heavy atom. The third kappa shape index (κ3) is 24.9. The van der Waals surface area contributed by atoms with Gasteiger partial charge in [-0.3, -0.25) is 0 Å². The van der Waals surface area contributed by atoms with Gasteiger partial charge in [0.15, 0.2) is 0 Å². The smallest absolute Gasteiger partial charge is 0.379 e. The van der Waals surface area contributed by atoms with E-state index in [2.05, 4.69) is 16.3 Å². The maximum Gasteiger partial charge on any atom is 0.379 e. The maximum absolute atomic E-state index is 4.53. The summed E-state index contributed by atoms with van der Waals surface area (Å²) in [6.45, 7) is 5.89. The highest BCUT2D eigenvalue weighted by Crippen LogP contribution is 2.01. The molecule has 0 aromatic carbocycles. The fraction of sp³-hybridized carbons (Fsp3) is 0.750. The molecule has 0 fully saturated rings. The number of hydrogen-bond donors (Lipinski definition) is 0. The highest BCUT2D eigenvalue weighted by molar-refractivity contribution is 6.15. The van der Waals surface area contributed by atoms with Crippen LogP contribution in [0.4, 0.5) is 0 Å². The predicted molar refractivity (Wildman–Crippen MR) is 57.1 cm³/mol. The molecule has 0 saturated carbocycles. The van der Waals surface area contributed by atoms with Crippen molar-refractivity contribution in [2.75, 3.05) is 0 Å². The van der Waals surface area contributed by atoms with Crippen LogP contribution in [0.25, 0.3) is 0 Å². The average Bonchev–Trinajstić information content (AvgIpc) is 2.00. The molecule has 0 aliphatic heterocycles. The first-order valence-electron chi connectivity index (χ1n) is 4.34. The van der Waals surface area contributed by atoms with E-state index in [4.69, 9.17) is 0 Å². The minimum Gasteiger partial charge on any atom is -0.647 e. The quantitative estimate of drug-likeness (QED) is 0.356. The van der Waals surface area contributed by atoms with E-state index in [1.54, 1.807) is 0 Å². The Bertz CT molecular complexity index is 67.1. The lowest BCUT2D eigenvalue weighted by atomic mass is 10.2. The molecule has 0 aromatic rings. The first-order chi connectivity index (χ1) is 5.33. The molecule has 0 radical (unpaired) electrons. The average molecular weight is 186 g/mol. The fourth-order valence-corrected chi connectivity index (χ4v) is 0.715. The van der Waals surface area contributed by atoms with Crippen LogP contribution in [0, 0.1) is 0 Å². The minimum atomic E-state index is 0.931. The van der Waals surface area contributed by atoms with Crippen LogP contribution in [0.15, 0.2) is 12.7 Å². The maximum atomic E-state index is 4.53. The van der Waals surface area contributed by atoms with Crippen LogP contribution < -0.4 is 0 Å². The van der Waals surface area contributed by atoms with Crippen LogP contribution in [0.3, 0.4) is 0 Å². The lowest BCUT2D eigenvalue weighted by Gasteiger charge is -1.91. The van der Waals surface area contributed by atoms with E-state index >= 15 is 0 Å². The van der Waals surface area contributed by atoms with E-state index in [1.165, 1.54) is 32.1 Å². The van der Waals surface area contributed by atoms with E-state index in [1.807, 2.05) is 6.08 Å². The first-order valence-corrected chi connectivity index (χ1v) is 5.97. The summed E-state index contributed by atoms with van der Waals surface area (Å²) in [7, 11) is 0. The van der Waals surface area contributed by atoms with Gasteiger partial charge in [0.05, 0.1) is 0 Å². The van der Waals surface area contributed by atoms with Crippen LogP contribution in [0.2, 0.25) is 0 Å². The SMILES string of the molecule is C=CCCCCCC.[AlH2][O][AlH2]. The van der Waals surface area contributed by atoms with Crippen molar-refractivity contribution < 1.29 is 2.84 Å². The van der Waals surface area contributed by atoms with Gasteiger partial charge in [0.2, 0.25) is 0 Å². The summed E-state index contributed by atoms with van der Waals surface area (Å²) in [5.41, 5.74) is 0. The molecule has 0 bridgehead atoms. The zero-order valence-electron chi connectivity index (χ0n) is 8.23. The molecule has 0 rings (SSSR count). The summed E-state index contributed by atoms with van der Waals surface area (Å²) >= 11 is 1.86. The first kappa shape index (κ1) is 14.3. The second-order valence-electron chi connectivity index (χ2n) is 2.55. The molecule has 0 aliphatic rings. The molecule has 3 heteroatoms. The summed E-state index contributed by atoms with van der Waals surface area (Å²) in [6.07, 6.45) is 8.61. The van der Waals surface area contributed by atoms with Gasteiger partial charge in [-0.15, -0.1) is 6.58 Å². The zero-order chi connectivity index (χ0) is 8.95. The molecule has 0 heterocycles. The molecular weight excluding hydrogens is 166 g/mol. The standard InChI is InChI=1S/C8H16.2Al.O.4H/c1-3-5-7-8-6-4-2;;;;;;;/h3H,1,4-8H2,2H3;;;;;;;. The van der Waals surface area contributed by atoms with Crippen molar-refractivity contribution in [1.82, 2.24) is 0 Å². The molecule has 0 atom stereocenters. The van der Waals surface area contributed by atoms with Crippen LogP contribution in [0.5, 0.6) is 0 Å². The molecular formula is C8H20Al2O. The Balaban J connectivity index is 0. The van der Waals surface area contributed by atoms with Gasteiger partial charge >= 0.3 is 33.2 Å². The highest BCUT2D eigenvalue weighted by atomic mass is 27.2. The second-order valence-corrected chi connectivity index (χ2v) is 5.81. The van der Waals surface area contributed by atoms with Crippen molar-refractivity contribution in [2.45, 2.75) is 39.0 Å². The van der Waals surface area contributed by atoms with Gasteiger partial charge in [-0.1, -0.05) is 32.3 Å². The Morgan fingerprint density at radius 3 is 2.18 bits per heavy atom. The van der Waals surface area contributed by atoms with Gasteiger partial charge in [-0.05, 0) is 12.8 Å². The summed E-state index contributed by atoms with van der Waals surface area (Å²) in [4.78, 5) is 0. The highest BCUT2D eigenvalue weighted by Gasteiger charge is 1.81. The van der Waals surface area contributed by atoms with Crippen LogP contribution >= 0.6 is 0 Å². The van der Waals surface area contributed by atoms with E-state index in [0.29, 0.717) is 0 Å². The fourth-order valence-electron chi connectivity index (χ4n) is 0.715. The van der Waals surface area contributed by atoms with E-state index in [-0.39, 0.29) is 0 Å². The molecule has 0 N–H and O–H groups in total.